The first-order valence-electron chi connectivity index (χ1n) is 10.9. The van der Waals surface area contributed by atoms with Gasteiger partial charge in [0.05, 0.1) is 26.4 Å². The molecule has 0 radical (unpaired) electrons. The lowest BCUT2D eigenvalue weighted by molar-refractivity contribution is 0.221. The van der Waals surface area contributed by atoms with E-state index in [1.54, 1.807) is 0 Å². The van der Waals surface area contributed by atoms with Crippen LogP contribution in [0.2, 0.25) is 0 Å². The van der Waals surface area contributed by atoms with Gasteiger partial charge in [-0.3, -0.25) is 0 Å². The molecule has 0 bridgehead atoms. The Bertz CT molecular complexity index is 514. The number of rotatable bonds is 16. The van der Waals surface area contributed by atoms with E-state index in [0.717, 1.165) is 68.4 Å². The molecule has 0 aromatic heterocycles. The van der Waals surface area contributed by atoms with Crippen molar-refractivity contribution in [2.45, 2.75) is 86.0 Å². The molecule has 0 unspecified atom stereocenters. The maximum atomic E-state index is 6.17. The van der Waals surface area contributed by atoms with E-state index < -0.39 is 0 Å². The quantitative estimate of drug-likeness (QED) is 0.299. The Labute approximate surface area is 166 Å². The molecule has 0 aliphatic heterocycles. The lowest BCUT2D eigenvalue weighted by Gasteiger charge is -2.22. The summed E-state index contributed by atoms with van der Waals surface area (Å²) in [6, 6.07) is 2.03. The van der Waals surface area contributed by atoms with Gasteiger partial charge in [-0.25, -0.2) is 0 Å². The second-order valence-electron chi connectivity index (χ2n) is 6.99. The average molecular weight is 381 g/mol. The number of ether oxygens (including phenoxy) is 4. The van der Waals surface area contributed by atoms with Crippen molar-refractivity contribution in [1.82, 2.24) is 0 Å². The Morgan fingerprint density at radius 1 is 0.556 bits per heavy atom. The first kappa shape index (κ1) is 23.5. The molecule has 4 nitrogen and oxygen atoms in total. The molecule has 1 rings (SSSR count). The average Bonchev–Trinajstić information content (AvgIpc) is 2.66. The highest BCUT2D eigenvalue weighted by atomic mass is 16.6. The molecule has 0 fully saturated rings. The third-order valence-corrected chi connectivity index (χ3v) is 4.33. The van der Waals surface area contributed by atoms with Crippen molar-refractivity contribution in [3.05, 3.63) is 11.6 Å². The van der Waals surface area contributed by atoms with Crippen molar-refractivity contribution >= 4 is 0 Å². The van der Waals surface area contributed by atoms with Gasteiger partial charge in [0.2, 0.25) is 11.5 Å². The number of aryl methyl sites for hydroxylation is 1. The van der Waals surface area contributed by atoms with E-state index in [1.165, 1.54) is 0 Å². The molecule has 156 valence electrons. The van der Waals surface area contributed by atoms with Gasteiger partial charge in [-0.1, -0.05) is 53.4 Å². The Morgan fingerprint density at radius 3 is 1.44 bits per heavy atom. The lowest BCUT2D eigenvalue weighted by atomic mass is 10.1. The molecule has 0 saturated heterocycles. The Morgan fingerprint density at radius 2 is 0.963 bits per heavy atom. The summed E-state index contributed by atoms with van der Waals surface area (Å²) in [6.07, 6.45) is 8.42. The minimum Gasteiger partial charge on any atom is -0.490 e. The summed E-state index contributed by atoms with van der Waals surface area (Å²) in [7, 11) is 0. The van der Waals surface area contributed by atoms with Crippen LogP contribution in [0.4, 0.5) is 0 Å². The summed E-state index contributed by atoms with van der Waals surface area (Å²) >= 11 is 0. The van der Waals surface area contributed by atoms with E-state index in [4.69, 9.17) is 18.9 Å². The van der Waals surface area contributed by atoms with E-state index in [1.807, 2.05) is 6.07 Å². The van der Waals surface area contributed by atoms with Crippen LogP contribution in [-0.2, 0) is 0 Å². The molecule has 0 atom stereocenters. The minimum absolute atomic E-state index is 0.655. The molecule has 1 aromatic carbocycles. The van der Waals surface area contributed by atoms with Gasteiger partial charge in [0.25, 0.3) is 0 Å². The smallest absolute Gasteiger partial charge is 0.207 e. The van der Waals surface area contributed by atoms with Crippen LogP contribution in [0.5, 0.6) is 23.0 Å². The summed E-state index contributed by atoms with van der Waals surface area (Å²) in [6.45, 7) is 13.4. The fourth-order valence-electron chi connectivity index (χ4n) is 2.56. The molecular weight excluding hydrogens is 340 g/mol. The Hall–Kier alpha value is -1.58. The van der Waals surface area contributed by atoms with Crippen molar-refractivity contribution < 1.29 is 18.9 Å². The van der Waals surface area contributed by atoms with Crippen molar-refractivity contribution in [3.63, 3.8) is 0 Å². The molecule has 0 aliphatic rings. The molecular formula is C23H40O4. The summed E-state index contributed by atoms with van der Waals surface area (Å²) in [4.78, 5) is 0. The van der Waals surface area contributed by atoms with Crippen LogP contribution in [-0.4, -0.2) is 26.4 Å². The zero-order valence-corrected chi connectivity index (χ0v) is 18.2. The Balaban J connectivity index is 3.19. The van der Waals surface area contributed by atoms with Crippen molar-refractivity contribution in [3.8, 4) is 23.0 Å². The summed E-state index contributed by atoms with van der Waals surface area (Å²) in [5.74, 6) is 2.98. The largest absolute Gasteiger partial charge is 0.490 e. The SMILES string of the molecule is CCCCOc1cc(C)c(OCCCC)c(OCCCC)c1OCCCC. The maximum Gasteiger partial charge on any atom is 0.207 e. The molecule has 0 saturated carbocycles. The zero-order chi connectivity index (χ0) is 19.9. The maximum absolute atomic E-state index is 6.17. The highest BCUT2D eigenvalue weighted by Crippen LogP contribution is 2.47. The third kappa shape index (κ3) is 8.32. The zero-order valence-electron chi connectivity index (χ0n) is 18.2. The monoisotopic (exact) mass is 380 g/mol. The molecule has 0 aliphatic carbocycles. The molecule has 0 amide bonds. The van der Waals surface area contributed by atoms with Gasteiger partial charge >= 0.3 is 0 Å². The normalized spacial score (nSPS) is 10.7. The predicted molar refractivity (Wildman–Crippen MR) is 113 cm³/mol. The number of hydrogen-bond donors (Lipinski definition) is 0. The minimum atomic E-state index is 0.655. The molecule has 0 N–H and O–H groups in total. The van der Waals surface area contributed by atoms with E-state index in [2.05, 4.69) is 34.6 Å². The first-order chi connectivity index (χ1) is 13.2. The fraction of sp³-hybridized carbons (Fsp3) is 0.739. The Kier molecular flexibility index (Phi) is 12.6. The summed E-state index contributed by atoms with van der Waals surface area (Å²) in [5, 5.41) is 0. The van der Waals surface area contributed by atoms with Gasteiger partial charge in [-0.15, -0.1) is 0 Å². The van der Waals surface area contributed by atoms with E-state index in [0.29, 0.717) is 37.9 Å². The van der Waals surface area contributed by atoms with E-state index >= 15 is 0 Å². The van der Waals surface area contributed by atoms with E-state index in [9.17, 15) is 0 Å². The van der Waals surface area contributed by atoms with Crippen LogP contribution in [0.1, 0.15) is 84.6 Å². The van der Waals surface area contributed by atoms with Crippen LogP contribution < -0.4 is 18.9 Å². The highest BCUT2D eigenvalue weighted by Gasteiger charge is 2.22. The van der Waals surface area contributed by atoms with Gasteiger partial charge in [0.15, 0.2) is 11.5 Å². The summed E-state index contributed by atoms with van der Waals surface area (Å²) < 4.78 is 24.5. The predicted octanol–water partition coefficient (Wildman–Crippen LogP) is 6.71. The highest BCUT2D eigenvalue weighted by molar-refractivity contribution is 5.62. The van der Waals surface area contributed by atoms with Gasteiger partial charge in [-0.2, -0.15) is 0 Å². The van der Waals surface area contributed by atoms with Crippen molar-refractivity contribution in [2.75, 3.05) is 26.4 Å². The number of unbranched alkanes of at least 4 members (excludes halogenated alkanes) is 4. The molecule has 0 heterocycles. The van der Waals surface area contributed by atoms with Gasteiger partial charge in [-0.05, 0) is 44.2 Å². The summed E-state index contributed by atoms with van der Waals surface area (Å²) in [5.41, 5.74) is 1.03. The van der Waals surface area contributed by atoms with Gasteiger partial charge < -0.3 is 18.9 Å². The number of hydrogen-bond acceptors (Lipinski definition) is 4. The van der Waals surface area contributed by atoms with Crippen LogP contribution in [0.25, 0.3) is 0 Å². The molecule has 0 spiro atoms. The van der Waals surface area contributed by atoms with Crippen molar-refractivity contribution in [1.29, 1.82) is 0 Å². The third-order valence-electron chi connectivity index (χ3n) is 4.33. The number of benzene rings is 1. The molecule has 4 heteroatoms. The standard InChI is InChI=1S/C23H40O4/c1-6-10-14-24-20-18-19(5)21(25-15-11-7-2)23(27-17-13-9-4)22(20)26-16-12-8-3/h18H,6-17H2,1-5H3. The van der Waals surface area contributed by atoms with Crippen LogP contribution in [0.3, 0.4) is 0 Å². The van der Waals surface area contributed by atoms with Crippen LogP contribution in [0.15, 0.2) is 6.07 Å². The first-order valence-corrected chi connectivity index (χ1v) is 10.9. The lowest BCUT2D eigenvalue weighted by Crippen LogP contribution is -2.09. The molecule has 1 aromatic rings. The van der Waals surface area contributed by atoms with Gasteiger partial charge in [0.1, 0.15) is 0 Å². The van der Waals surface area contributed by atoms with E-state index in [-0.39, 0.29) is 0 Å². The van der Waals surface area contributed by atoms with Crippen molar-refractivity contribution in [2.24, 2.45) is 0 Å². The topological polar surface area (TPSA) is 36.9 Å². The second kappa shape index (κ2) is 14.5. The fourth-order valence-corrected chi connectivity index (χ4v) is 2.56. The second-order valence-corrected chi connectivity index (χ2v) is 6.99. The van der Waals surface area contributed by atoms with Crippen LogP contribution >= 0.6 is 0 Å². The molecule has 27 heavy (non-hydrogen) atoms. The van der Waals surface area contributed by atoms with Gasteiger partial charge in [0, 0.05) is 0 Å². The van der Waals surface area contributed by atoms with Crippen LogP contribution in [0, 0.1) is 6.92 Å².